The molecule has 1 heterocycles. The molecule has 2 aromatic carbocycles. The second-order valence-electron chi connectivity index (χ2n) is 5.76. The van der Waals surface area contributed by atoms with Gasteiger partial charge in [0.1, 0.15) is 5.82 Å². The van der Waals surface area contributed by atoms with Crippen molar-refractivity contribution in [3.8, 4) is 0 Å². The first-order chi connectivity index (χ1) is 11.1. The molecule has 1 fully saturated rings. The zero-order chi connectivity index (χ0) is 16.4. The Labute approximate surface area is 143 Å². The third-order valence-electron chi connectivity index (χ3n) is 4.23. The van der Waals surface area contributed by atoms with Crippen molar-refractivity contribution in [3.63, 3.8) is 0 Å². The maximum Gasteiger partial charge on any atom is 0.322 e. The van der Waals surface area contributed by atoms with Crippen molar-refractivity contribution in [1.29, 1.82) is 0 Å². The lowest BCUT2D eigenvalue weighted by molar-refractivity contribution is 0.207. The van der Waals surface area contributed by atoms with Gasteiger partial charge >= 0.3 is 6.03 Å². The van der Waals surface area contributed by atoms with Gasteiger partial charge in [0.25, 0.3) is 0 Å². The fraction of sp³-hybridized carbons (Fsp3) is 0.278. The molecule has 1 N–H and O–H groups in total. The average molecular weight is 377 g/mol. The third kappa shape index (κ3) is 3.39. The fourth-order valence-electron chi connectivity index (χ4n) is 3.07. The molecule has 0 bridgehead atoms. The fourth-order valence-corrected chi connectivity index (χ4v) is 3.40. The highest BCUT2D eigenvalue weighted by Gasteiger charge is 2.31. The number of likely N-dealkylation sites (tertiary alicyclic amines) is 1. The van der Waals surface area contributed by atoms with Gasteiger partial charge < -0.3 is 10.2 Å². The summed E-state index contributed by atoms with van der Waals surface area (Å²) in [5.74, 6) is -0.445. The van der Waals surface area contributed by atoms with Crippen molar-refractivity contribution >= 4 is 27.6 Å². The number of urea groups is 1. The highest BCUT2D eigenvalue weighted by Crippen LogP contribution is 2.34. The lowest BCUT2D eigenvalue weighted by Crippen LogP contribution is -2.34. The molecule has 1 atom stereocenters. The van der Waals surface area contributed by atoms with E-state index in [1.807, 2.05) is 12.1 Å². The Balaban J connectivity index is 1.80. The summed E-state index contributed by atoms with van der Waals surface area (Å²) in [5, 5.41) is 2.69. The van der Waals surface area contributed by atoms with Crippen molar-refractivity contribution in [2.45, 2.75) is 25.8 Å². The highest BCUT2D eigenvalue weighted by molar-refractivity contribution is 9.10. The summed E-state index contributed by atoms with van der Waals surface area (Å²) >= 11 is 3.21. The first-order valence-electron chi connectivity index (χ1n) is 7.64. The van der Waals surface area contributed by atoms with E-state index < -0.39 is 5.82 Å². The molecule has 0 saturated carbocycles. The van der Waals surface area contributed by atoms with Crippen LogP contribution in [0.25, 0.3) is 0 Å². The van der Waals surface area contributed by atoms with Crippen LogP contribution in [0.2, 0.25) is 0 Å². The molecule has 23 heavy (non-hydrogen) atoms. The molecule has 120 valence electrons. The van der Waals surface area contributed by atoms with Gasteiger partial charge in [-0.05, 0) is 49.1 Å². The van der Waals surface area contributed by atoms with E-state index >= 15 is 0 Å². The minimum atomic E-state index is -0.445. The van der Waals surface area contributed by atoms with Gasteiger partial charge in [-0.15, -0.1) is 0 Å². The number of rotatable bonds is 2. The molecule has 3 nitrogen and oxygen atoms in total. The number of nitrogens with zero attached hydrogens (tertiary/aromatic N) is 1. The predicted octanol–water partition coefficient (Wildman–Crippen LogP) is 5.27. The van der Waals surface area contributed by atoms with Gasteiger partial charge in [0.15, 0.2) is 0 Å². The molecule has 0 spiro atoms. The average Bonchev–Trinajstić information content (AvgIpc) is 3.00. The highest BCUT2D eigenvalue weighted by atomic mass is 79.9. The summed E-state index contributed by atoms with van der Waals surface area (Å²) in [4.78, 5) is 14.4. The van der Waals surface area contributed by atoms with E-state index in [4.69, 9.17) is 0 Å². The molecular weight excluding hydrogens is 359 g/mol. The first kappa shape index (κ1) is 16.0. The molecule has 2 amide bonds. The van der Waals surface area contributed by atoms with Gasteiger partial charge in [-0.25, -0.2) is 9.18 Å². The van der Waals surface area contributed by atoms with Crippen LogP contribution < -0.4 is 5.32 Å². The number of carbonyl (C=O) groups excluding carboxylic acids is 1. The maximum atomic E-state index is 13.9. The Kier molecular flexibility index (Phi) is 4.66. The molecule has 1 saturated heterocycles. The van der Waals surface area contributed by atoms with Gasteiger partial charge in [0.05, 0.1) is 11.7 Å². The minimum absolute atomic E-state index is 0.0507. The molecule has 1 aliphatic rings. The number of halogens is 2. The topological polar surface area (TPSA) is 32.3 Å². The number of carbonyl (C=O) groups is 1. The zero-order valence-electron chi connectivity index (χ0n) is 12.9. The van der Waals surface area contributed by atoms with Crippen molar-refractivity contribution in [1.82, 2.24) is 4.90 Å². The Morgan fingerprint density at radius 3 is 2.83 bits per heavy atom. The number of amides is 2. The molecular formula is C18H18BrFN2O. The SMILES string of the molecule is Cc1ccccc1[C@@H]1CCCN1C(=O)Nc1ccc(Br)cc1F. The first-order valence-corrected chi connectivity index (χ1v) is 8.44. The van der Waals surface area contributed by atoms with E-state index in [1.165, 1.54) is 11.6 Å². The van der Waals surface area contributed by atoms with E-state index in [1.54, 1.807) is 17.0 Å². The summed E-state index contributed by atoms with van der Waals surface area (Å²) in [6.07, 6.45) is 1.89. The Hall–Kier alpha value is -1.88. The van der Waals surface area contributed by atoms with Crippen molar-refractivity contribution in [2.75, 3.05) is 11.9 Å². The summed E-state index contributed by atoms with van der Waals surface area (Å²) in [5.41, 5.74) is 2.54. The largest absolute Gasteiger partial charge is 0.322 e. The molecule has 0 unspecified atom stereocenters. The number of benzene rings is 2. The number of hydrogen-bond acceptors (Lipinski definition) is 1. The van der Waals surface area contributed by atoms with Crippen LogP contribution in [-0.4, -0.2) is 17.5 Å². The smallest absolute Gasteiger partial charge is 0.317 e. The molecule has 3 rings (SSSR count). The quantitative estimate of drug-likeness (QED) is 0.760. The van der Waals surface area contributed by atoms with Crippen molar-refractivity contribution < 1.29 is 9.18 Å². The van der Waals surface area contributed by atoms with Gasteiger partial charge in [-0.3, -0.25) is 0 Å². The van der Waals surface area contributed by atoms with Gasteiger partial charge in [-0.1, -0.05) is 40.2 Å². The van der Waals surface area contributed by atoms with Crippen LogP contribution in [0.1, 0.15) is 30.0 Å². The van der Waals surface area contributed by atoms with E-state index in [0.29, 0.717) is 11.0 Å². The van der Waals surface area contributed by atoms with Gasteiger partial charge in [0, 0.05) is 11.0 Å². The van der Waals surface area contributed by atoms with Crippen molar-refractivity contribution in [2.24, 2.45) is 0 Å². The standard InChI is InChI=1S/C18H18BrFN2O/c1-12-5-2-3-6-14(12)17-7-4-10-22(17)18(23)21-16-9-8-13(19)11-15(16)20/h2-3,5-6,8-9,11,17H,4,7,10H2,1H3,(H,21,23)/t17-/m0/s1. The molecule has 0 radical (unpaired) electrons. The molecule has 5 heteroatoms. The number of anilines is 1. The molecule has 1 aliphatic heterocycles. The third-order valence-corrected chi connectivity index (χ3v) is 4.73. The van der Waals surface area contributed by atoms with E-state index in [9.17, 15) is 9.18 Å². The maximum absolute atomic E-state index is 13.9. The summed E-state index contributed by atoms with van der Waals surface area (Å²) in [6, 6.07) is 12.5. The summed E-state index contributed by atoms with van der Waals surface area (Å²) < 4.78 is 14.6. The molecule has 2 aromatic rings. The van der Waals surface area contributed by atoms with Gasteiger partial charge in [-0.2, -0.15) is 0 Å². The second kappa shape index (κ2) is 6.71. The summed E-state index contributed by atoms with van der Waals surface area (Å²) in [7, 11) is 0. The van der Waals surface area contributed by atoms with Crippen molar-refractivity contribution in [3.05, 3.63) is 63.9 Å². The lowest BCUT2D eigenvalue weighted by Gasteiger charge is -2.26. The zero-order valence-corrected chi connectivity index (χ0v) is 14.4. The lowest BCUT2D eigenvalue weighted by atomic mass is 9.99. The van der Waals surface area contributed by atoms with Crippen LogP contribution in [0.4, 0.5) is 14.9 Å². The van der Waals surface area contributed by atoms with Crippen LogP contribution >= 0.6 is 15.9 Å². The number of hydrogen-bond donors (Lipinski definition) is 1. The number of nitrogens with one attached hydrogen (secondary N) is 1. The Bertz CT molecular complexity index is 735. The monoisotopic (exact) mass is 376 g/mol. The molecule has 0 aliphatic carbocycles. The second-order valence-corrected chi connectivity index (χ2v) is 6.68. The van der Waals surface area contributed by atoms with Crippen LogP contribution in [0.15, 0.2) is 46.9 Å². The Morgan fingerprint density at radius 1 is 1.30 bits per heavy atom. The van der Waals surface area contributed by atoms with Crippen LogP contribution in [0, 0.1) is 12.7 Å². The Morgan fingerprint density at radius 2 is 2.09 bits per heavy atom. The molecule has 0 aromatic heterocycles. The van der Waals surface area contributed by atoms with Crippen LogP contribution in [0.5, 0.6) is 0 Å². The number of aryl methyl sites for hydroxylation is 1. The van der Waals surface area contributed by atoms with Crippen LogP contribution in [-0.2, 0) is 0 Å². The minimum Gasteiger partial charge on any atom is -0.317 e. The normalized spacial score (nSPS) is 17.3. The van der Waals surface area contributed by atoms with E-state index in [-0.39, 0.29) is 17.8 Å². The van der Waals surface area contributed by atoms with E-state index in [2.05, 4.69) is 40.3 Å². The summed E-state index contributed by atoms with van der Waals surface area (Å²) in [6.45, 7) is 2.74. The van der Waals surface area contributed by atoms with Crippen LogP contribution in [0.3, 0.4) is 0 Å². The van der Waals surface area contributed by atoms with Gasteiger partial charge in [0.2, 0.25) is 0 Å². The van der Waals surface area contributed by atoms with E-state index in [0.717, 1.165) is 18.4 Å². The predicted molar refractivity (Wildman–Crippen MR) is 93.0 cm³/mol.